The second-order valence-electron chi connectivity index (χ2n) is 6.47. The van der Waals surface area contributed by atoms with Crippen LogP contribution in [0.15, 0.2) is 77.9 Å². The minimum atomic E-state index is -0.854. The lowest BCUT2D eigenvalue weighted by molar-refractivity contribution is -0.385. The van der Waals surface area contributed by atoms with Gasteiger partial charge in [-0.05, 0) is 42.0 Å². The molecule has 0 saturated carbocycles. The summed E-state index contributed by atoms with van der Waals surface area (Å²) in [4.78, 5) is 35.1. The van der Waals surface area contributed by atoms with E-state index >= 15 is 0 Å². The quantitative estimate of drug-likeness (QED) is 0.133. The summed E-state index contributed by atoms with van der Waals surface area (Å²) in [5, 5.41) is 25.4. The van der Waals surface area contributed by atoms with Crippen molar-refractivity contribution in [1.82, 2.24) is 5.43 Å². The highest BCUT2D eigenvalue weighted by atomic mass is 35.5. The number of carbonyl (C=O) groups is 2. The van der Waals surface area contributed by atoms with Crippen LogP contribution in [-0.2, 0) is 4.79 Å². The third-order valence-electron chi connectivity index (χ3n) is 4.22. The number of para-hydroxylation sites is 2. The van der Waals surface area contributed by atoms with Crippen molar-refractivity contribution in [2.45, 2.75) is 0 Å². The van der Waals surface area contributed by atoms with Gasteiger partial charge in [0, 0.05) is 22.7 Å². The summed E-state index contributed by atoms with van der Waals surface area (Å²) in [6.07, 6.45) is 3.67. The normalized spacial score (nSPS) is 10.9. The summed E-state index contributed by atoms with van der Waals surface area (Å²) in [7, 11) is 0. The Morgan fingerprint density at radius 3 is 2.48 bits per heavy atom. The number of nitrogens with one attached hydrogen (secondary N) is 1. The number of aromatic hydroxyl groups is 1. The van der Waals surface area contributed by atoms with E-state index in [4.69, 9.17) is 16.3 Å². The second kappa shape index (κ2) is 10.7. The number of phenolic OH excluding ortho intramolecular Hbond substituents is 1. The minimum Gasteiger partial charge on any atom is -0.507 e. The Bertz CT molecular complexity index is 1260. The third kappa shape index (κ3) is 6.25. The van der Waals surface area contributed by atoms with Crippen LogP contribution in [0.3, 0.4) is 0 Å². The van der Waals surface area contributed by atoms with Gasteiger partial charge in [0.15, 0.2) is 0 Å². The SMILES string of the molecule is O=C(/C=C/c1ccc(Cl)cc1)Oc1c(/C=N/NC(=O)c2ccccc2O)cccc1[N+](=O)[O-]. The molecule has 2 N–H and O–H groups in total. The van der Waals surface area contributed by atoms with Gasteiger partial charge in [-0.25, -0.2) is 10.2 Å². The number of rotatable bonds is 7. The number of hydrogen-bond acceptors (Lipinski definition) is 7. The predicted molar refractivity (Wildman–Crippen MR) is 122 cm³/mol. The first-order chi connectivity index (χ1) is 15.8. The Labute approximate surface area is 192 Å². The molecule has 0 aliphatic heterocycles. The first kappa shape index (κ1) is 23.2. The van der Waals surface area contributed by atoms with Crippen molar-refractivity contribution in [3.8, 4) is 11.5 Å². The number of benzene rings is 3. The molecule has 1 amide bonds. The van der Waals surface area contributed by atoms with Crippen LogP contribution in [0.1, 0.15) is 21.5 Å². The Morgan fingerprint density at radius 1 is 1.06 bits per heavy atom. The zero-order valence-electron chi connectivity index (χ0n) is 16.8. The number of halogens is 1. The molecule has 0 aliphatic carbocycles. The molecule has 0 spiro atoms. The van der Waals surface area contributed by atoms with Crippen molar-refractivity contribution in [1.29, 1.82) is 0 Å². The van der Waals surface area contributed by atoms with Crippen molar-refractivity contribution >= 4 is 41.5 Å². The highest BCUT2D eigenvalue weighted by Gasteiger charge is 2.20. The van der Waals surface area contributed by atoms with E-state index in [9.17, 15) is 24.8 Å². The van der Waals surface area contributed by atoms with Gasteiger partial charge in [0.25, 0.3) is 5.91 Å². The fraction of sp³-hybridized carbons (Fsp3) is 0. The average molecular weight is 466 g/mol. The van der Waals surface area contributed by atoms with Gasteiger partial charge in [-0.1, -0.05) is 41.9 Å². The van der Waals surface area contributed by atoms with E-state index in [0.29, 0.717) is 10.6 Å². The van der Waals surface area contributed by atoms with Gasteiger partial charge >= 0.3 is 11.7 Å². The first-order valence-corrected chi connectivity index (χ1v) is 9.77. The summed E-state index contributed by atoms with van der Waals surface area (Å²) in [6.45, 7) is 0. The predicted octanol–water partition coefficient (Wildman–Crippen LogP) is 4.34. The largest absolute Gasteiger partial charge is 0.507 e. The van der Waals surface area contributed by atoms with Gasteiger partial charge in [-0.2, -0.15) is 5.10 Å². The van der Waals surface area contributed by atoms with E-state index in [2.05, 4.69) is 10.5 Å². The number of amides is 1. The number of nitrogens with zero attached hydrogens (tertiary/aromatic N) is 2. The maximum atomic E-state index is 12.3. The number of phenols is 1. The molecule has 0 unspecified atom stereocenters. The molecule has 0 atom stereocenters. The first-order valence-electron chi connectivity index (χ1n) is 9.39. The molecule has 0 heterocycles. The molecular formula is C23H16ClN3O6. The average Bonchev–Trinajstić information content (AvgIpc) is 2.79. The molecule has 0 fully saturated rings. The zero-order chi connectivity index (χ0) is 23.8. The van der Waals surface area contributed by atoms with Crippen LogP contribution in [0, 0.1) is 10.1 Å². The molecule has 3 aromatic rings. The van der Waals surface area contributed by atoms with Crippen LogP contribution in [0.5, 0.6) is 11.5 Å². The molecule has 0 radical (unpaired) electrons. The second-order valence-corrected chi connectivity index (χ2v) is 6.91. The monoisotopic (exact) mass is 465 g/mol. The molecule has 0 saturated heterocycles. The fourth-order valence-electron chi connectivity index (χ4n) is 2.66. The molecule has 9 nitrogen and oxygen atoms in total. The summed E-state index contributed by atoms with van der Waals surface area (Å²) in [5.41, 5.74) is 2.49. The number of nitro benzene ring substituents is 1. The summed E-state index contributed by atoms with van der Waals surface area (Å²) in [6, 6.07) is 16.5. The van der Waals surface area contributed by atoms with E-state index in [1.807, 2.05) is 0 Å². The molecule has 0 aromatic heterocycles. The standard InChI is InChI=1S/C23H16ClN3O6/c24-17-11-8-15(9-12-17)10-13-21(29)33-22-16(4-3-6-19(22)27(31)32)14-25-26-23(30)18-5-1-2-7-20(18)28/h1-14,28H,(H,26,30)/b13-10+,25-14+. The van der Waals surface area contributed by atoms with Crippen LogP contribution in [0.2, 0.25) is 5.02 Å². The van der Waals surface area contributed by atoms with E-state index in [-0.39, 0.29) is 22.6 Å². The Hall–Kier alpha value is -4.50. The highest BCUT2D eigenvalue weighted by molar-refractivity contribution is 6.30. The molecule has 33 heavy (non-hydrogen) atoms. The van der Waals surface area contributed by atoms with Crippen LogP contribution in [-0.4, -0.2) is 28.1 Å². The van der Waals surface area contributed by atoms with Crippen molar-refractivity contribution in [2.75, 3.05) is 0 Å². The van der Waals surface area contributed by atoms with Crippen molar-refractivity contribution in [3.63, 3.8) is 0 Å². The van der Waals surface area contributed by atoms with Crippen molar-refractivity contribution in [2.24, 2.45) is 5.10 Å². The Kier molecular flexibility index (Phi) is 7.51. The number of hydrogen-bond donors (Lipinski definition) is 2. The van der Waals surface area contributed by atoms with E-state index in [0.717, 1.165) is 12.3 Å². The Morgan fingerprint density at radius 2 is 1.79 bits per heavy atom. The molecule has 3 rings (SSSR count). The maximum Gasteiger partial charge on any atom is 0.336 e. The number of esters is 1. The molecule has 3 aromatic carbocycles. The van der Waals surface area contributed by atoms with E-state index < -0.39 is 22.5 Å². The van der Waals surface area contributed by atoms with Gasteiger partial charge in [0.05, 0.1) is 16.7 Å². The molecule has 166 valence electrons. The van der Waals surface area contributed by atoms with Crippen LogP contribution < -0.4 is 10.2 Å². The summed E-state index contributed by atoms with van der Waals surface area (Å²) >= 11 is 5.82. The van der Waals surface area contributed by atoms with Gasteiger partial charge in [-0.15, -0.1) is 0 Å². The number of nitro groups is 1. The topological polar surface area (TPSA) is 131 Å². The van der Waals surface area contributed by atoms with Gasteiger partial charge in [0.1, 0.15) is 5.75 Å². The minimum absolute atomic E-state index is 0.00678. The van der Waals surface area contributed by atoms with Gasteiger partial charge in [-0.3, -0.25) is 14.9 Å². The molecule has 0 aliphatic rings. The number of ether oxygens (including phenoxy) is 1. The Balaban J connectivity index is 1.79. The third-order valence-corrected chi connectivity index (χ3v) is 4.48. The molecule has 10 heteroatoms. The van der Waals surface area contributed by atoms with Crippen molar-refractivity contribution < 1.29 is 24.4 Å². The van der Waals surface area contributed by atoms with E-state index in [1.54, 1.807) is 36.4 Å². The summed E-state index contributed by atoms with van der Waals surface area (Å²) < 4.78 is 5.21. The smallest absolute Gasteiger partial charge is 0.336 e. The number of carbonyl (C=O) groups excluding carboxylic acids is 2. The van der Waals surface area contributed by atoms with Gasteiger partial charge < -0.3 is 9.84 Å². The van der Waals surface area contributed by atoms with E-state index in [1.165, 1.54) is 36.4 Å². The lowest BCUT2D eigenvalue weighted by Gasteiger charge is -2.06. The molecular weight excluding hydrogens is 450 g/mol. The lowest BCUT2D eigenvalue weighted by Crippen LogP contribution is -2.17. The fourth-order valence-corrected chi connectivity index (χ4v) is 2.78. The maximum absolute atomic E-state index is 12.3. The van der Waals surface area contributed by atoms with Crippen LogP contribution >= 0.6 is 11.6 Å². The zero-order valence-corrected chi connectivity index (χ0v) is 17.6. The summed E-state index contributed by atoms with van der Waals surface area (Å²) in [5.74, 6) is -2.12. The van der Waals surface area contributed by atoms with Crippen LogP contribution in [0.4, 0.5) is 5.69 Å². The van der Waals surface area contributed by atoms with Gasteiger partial charge in [0.2, 0.25) is 5.75 Å². The van der Waals surface area contributed by atoms with Crippen molar-refractivity contribution in [3.05, 3.63) is 105 Å². The number of hydrazone groups is 1. The highest BCUT2D eigenvalue weighted by Crippen LogP contribution is 2.30. The van der Waals surface area contributed by atoms with Crippen LogP contribution in [0.25, 0.3) is 6.08 Å². The molecule has 0 bridgehead atoms. The lowest BCUT2D eigenvalue weighted by atomic mass is 10.2.